The Balaban J connectivity index is 0.00000121. The molecule has 0 aliphatic rings. The summed E-state index contributed by atoms with van der Waals surface area (Å²) in [6.07, 6.45) is 8.38. The van der Waals surface area contributed by atoms with Gasteiger partial charge in [-0.05, 0) is 6.07 Å². The number of pyridine rings is 2. The van der Waals surface area contributed by atoms with Gasteiger partial charge in [0.15, 0.2) is 37.9 Å². The van der Waals surface area contributed by atoms with Crippen LogP contribution in [0.4, 0.5) is 0 Å². The van der Waals surface area contributed by atoms with Gasteiger partial charge in [0.1, 0.15) is 0 Å². The van der Waals surface area contributed by atoms with Crippen molar-refractivity contribution in [2.45, 2.75) is 13.1 Å². The predicted octanol–water partition coefficient (Wildman–Crippen LogP) is -3.63. The highest BCUT2D eigenvalue weighted by Crippen LogP contribution is 2.05. The maximum Gasteiger partial charge on any atom is 0.173 e. The van der Waals surface area contributed by atoms with Crippen LogP contribution in [-0.2, 0) is 13.1 Å². The molecule has 0 unspecified atom stereocenters. The fourth-order valence-corrected chi connectivity index (χ4v) is 2.33. The number of rotatable bonds is 4. The van der Waals surface area contributed by atoms with E-state index in [0.717, 1.165) is 13.1 Å². The van der Waals surface area contributed by atoms with E-state index < -0.39 is 0 Å². The van der Waals surface area contributed by atoms with Gasteiger partial charge in [-0.1, -0.05) is 30.3 Å². The van der Waals surface area contributed by atoms with E-state index in [9.17, 15) is 0 Å². The number of benzene rings is 1. The van der Waals surface area contributed by atoms with Gasteiger partial charge in [0.05, 0.1) is 0 Å². The van der Waals surface area contributed by atoms with E-state index in [2.05, 4.69) is 82.5 Å². The highest BCUT2D eigenvalue weighted by Gasteiger charge is 2.05. The highest BCUT2D eigenvalue weighted by molar-refractivity contribution is 5.22. The molecule has 114 valence electrons. The summed E-state index contributed by atoms with van der Waals surface area (Å²) in [6.45, 7) is 1.82. The molecule has 0 fully saturated rings. The molecule has 1 aromatic carbocycles. The fourth-order valence-electron chi connectivity index (χ4n) is 2.33. The molecule has 22 heavy (non-hydrogen) atoms. The maximum absolute atomic E-state index is 2.28. The minimum Gasteiger partial charge on any atom is -1.00 e. The molecule has 3 aromatic rings. The van der Waals surface area contributed by atoms with Crippen molar-refractivity contribution in [2.24, 2.45) is 0 Å². The quantitative estimate of drug-likeness (QED) is 0.384. The molecule has 0 saturated carbocycles. The number of hydrogen-bond donors (Lipinski definition) is 0. The second-order valence-electron chi connectivity index (χ2n) is 4.92. The lowest BCUT2D eigenvalue weighted by Gasteiger charge is -2.01. The predicted molar refractivity (Wildman–Crippen MR) is 77.9 cm³/mol. The molecule has 0 radical (unpaired) electrons. The van der Waals surface area contributed by atoms with E-state index >= 15 is 0 Å². The Labute approximate surface area is 152 Å². The van der Waals surface area contributed by atoms with Crippen LogP contribution < -0.4 is 43.1 Å². The molecule has 2 aromatic heterocycles. The molecule has 0 atom stereocenters. The van der Waals surface area contributed by atoms with Crippen LogP contribution in [0.5, 0.6) is 0 Å². The number of halogens is 2. The molecule has 0 amide bonds. The molecule has 3 rings (SSSR count). The minimum absolute atomic E-state index is 0. The van der Waals surface area contributed by atoms with Gasteiger partial charge < -0.3 is 34.0 Å². The number of aromatic nitrogens is 2. The normalized spacial score (nSPS) is 9.45. The summed E-state index contributed by atoms with van der Waals surface area (Å²) in [5, 5.41) is 0. The van der Waals surface area contributed by atoms with Crippen LogP contribution in [0.15, 0.2) is 85.5 Å². The van der Waals surface area contributed by atoms with Gasteiger partial charge >= 0.3 is 0 Å². The zero-order valence-corrected chi connectivity index (χ0v) is 15.3. The van der Waals surface area contributed by atoms with Crippen molar-refractivity contribution in [3.8, 4) is 0 Å². The smallest absolute Gasteiger partial charge is 0.173 e. The van der Waals surface area contributed by atoms with Crippen molar-refractivity contribution in [2.75, 3.05) is 0 Å². The van der Waals surface area contributed by atoms with Crippen molar-refractivity contribution in [1.82, 2.24) is 0 Å². The SMILES string of the molecule is [Br-].[Br-].c1cc[n+](Cc2cccc(C[n+]3ccccc3)c2)cc1. The third-order valence-electron chi connectivity index (χ3n) is 3.28. The second kappa shape index (κ2) is 9.49. The Morgan fingerprint density at radius 2 is 0.955 bits per heavy atom. The van der Waals surface area contributed by atoms with E-state index in [1.54, 1.807) is 0 Å². The molecule has 0 N–H and O–H groups in total. The molecule has 2 heterocycles. The molecular formula is C18H18Br2N2. The Kier molecular flexibility index (Phi) is 7.99. The molecule has 0 aliphatic carbocycles. The van der Waals surface area contributed by atoms with E-state index in [1.165, 1.54) is 11.1 Å². The number of nitrogens with zero attached hydrogens (tertiary/aromatic N) is 2. The van der Waals surface area contributed by atoms with Crippen molar-refractivity contribution >= 4 is 0 Å². The van der Waals surface area contributed by atoms with Gasteiger partial charge in [-0.15, -0.1) is 0 Å². The lowest BCUT2D eigenvalue weighted by Crippen LogP contribution is -3.00. The Morgan fingerprint density at radius 1 is 0.545 bits per heavy atom. The summed E-state index contributed by atoms with van der Waals surface area (Å²) in [6, 6.07) is 21.1. The average Bonchev–Trinajstić information content (AvgIpc) is 2.50. The second-order valence-corrected chi connectivity index (χ2v) is 4.92. The lowest BCUT2D eigenvalue weighted by molar-refractivity contribution is -0.689. The minimum atomic E-state index is 0. The molecule has 0 bridgehead atoms. The van der Waals surface area contributed by atoms with Gasteiger partial charge in [-0.25, -0.2) is 9.13 Å². The molecule has 2 nitrogen and oxygen atoms in total. The number of hydrogen-bond acceptors (Lipinski definition) is 0. The Hall–Kier alpha value is -1.52. The highest BCUT2D eigenvalue weighted by atomic mass is 79.9. The van der Waals surface area contributed by atoms with Gasteiger partial charge in [0.2, 0.25) is 0 Å². The van der Waals surface area contributed by atoms with E-state index in [-0.39, 0.29) is 34.0 Å². The third kappa shape index (κ3) is 5.35. The van der Waals surface area contributed by atoms with Crippen LogP contribution in [0, 0.1) is 0 Å². The van der Waals surface area contributed by atoms with Gasteiger partial charge in [-0.2, -0.15) is 0 Å². The van der Waals surface area contributed by atoms with Crippen LogP contribution in [0.1, 0.15) is 11.1 Å². The van der Waals surface area contributed by atoms with Gasteiger partial charge in [0.25, 0.3) is 0 Å². The molecule has 0 saturated heterocycles. The maximum atomic E-state index is 2.28. The summed E-state index contributed by atoms with van der Waals surface area (Å²) < 4.78 is 4.38. The van der Waals surface area contributed by atoms with E-state index in [1.807, 2.05) is 12.1 Å². The summed E-state index contributed by atoms with van der Waals surface area (Å²) in [5.41, 5.74) is 2.66. The van der Waals surface area contributed by atoms with Gasteiger partial charge in [-0.3, -0.25) is 0 Å². The van der Waals surface area contributed by atoms with Crippen LogP contribution in [-0.4, -0.2) is 0 Å². The first kappa shape index (κ1) is 18.5. The topological polar surface area (TPSA) is 7.76 Å². The summed E-state index contributed by atoms with van der Waals surface area (Å²) in [5.74, 6) is 0. The van der Waals surface area contributed by atoms with Crippen LogP contribution in [0.25, 0.3) is 0 Å². The fraction of sp³-hybridized carbons (Fsp3) is 0.111. The molecule has 4 heteroatoms. The van der Waals surface area contributed by atoms with Gasteiger partial charge in [0, 0.05) is 35.4 Å². The molecule has 0 spiro atoms. The zero-order valence-electron chi connectivity index (χ0n) is 12.1. The monoisotopic (exact) mass is 420 g/mol. The largest absolute Gasteiger partial charge is 1.00 e. The van der Waals surface area contributed by atoms with Crippen molar-refractivity contribution in [3.05, 3.63) is 96.6 Å². The van der Waals surface area contributed by atoms with E-state index in [0.29, 0.717) is 0 Å². The Bertz CT molecular complexity index is 616. The average molecular weight is 422 g/mol. The van der Waals surface area contributed by atoms with Crippen molar-refractivity contribution < 1.29 is 43.1 Å². The summed E-state index contributed by atoms with van der Waals surface area (Å²) in [7, 11) is 0. The van der Waals surface area contributed by atoms with Crippen LogP contribution in [0.3, 0.4) is 0 Å². The van der Waals surface area contributed by atoms with Crippen molar-refractivity contribution in [3.63, 3.8) is 0 Å². The van der Waals surface area contributed by atoms with Crippen LogP contribution >= 0.6 is 0 Å². The summed E-state index contributed by atoms with van der Waals surface area (Å²) >= 11 is 0. The first-order valence-electron chi connectivity index (χ1n) is 6.86. The Morgan fingerprint density at radius 3 is 1.36 bits per heavy atom. The first-order chi connectivity index (χ1) is 9.90. The molecule has 0 aliphatic heterocycles. The first-order valence-corrected chi connectivity index (χ1v) is 6.86. The summed E-state index contributed by atoms with van der Waals surface area (Å²) in [4.78, 5) is 0. The van der Waals surface area contributed by atoms with Crippen molar-refractivity contribution in [1.29, 1.82) is 0 Å². The molecular weight excluding hydrogens is 404 g/mol. The third-order valence-corrected chi connectivity index (χ3v) is 3.28. The lowest BCUT2D eigenvalue weighted by atomic mass is 10.1. The standard InChI is InChI=1S/C18H18N2.2BrH/c1-3-10-19(11-4-1)15-17-8-7-9-18(14-17)16-20-12-5-2-6-13-20;;/h1-14H,15-16H2;2*1H/q+2;;/p-2. The van der Waals surface area contributed by atoms with Crippen LogP contribution in [0.2, 0.25) is 0 Å². The van der Waals surface area contributed by atoms with E-state index in [4.69, 9.17) is 0 Å². The zero-order chi connectivity index (χ0) is 13.6.